The average Bonchev–Trinajstić information content (AvgIpc) is 2.86. The van der Waals surface area contributed by atoms with Gasteiger partial charge in [0.1, 0.15) is 5.75 Å². The number of hydrogen-bond donors (Lipinski definition) is 0. The van der Waals surface area contributed by atoms with Gasteiger partial charge in [-0.25, -0.2) is 0 Å². The second kappa shape index (κ2) is 6.87. The van der Waals surface area contributed by atoms with Crippen molar-refractivity contribution in [3.63, 3.8) is 0 Å². The number of hydrogen-bond acceptors (Lipinski definition) is 5. The molecule has 1 aromatic carbocycles. The summed E-state index contributed by atoms with van der Waals surface area (Å²) in [4.78, 5) is 11.1. The largest absolute Gasteiger partial charge is 0.493 e. The Morgan fingerprint density at radius 3 is 2.95 bits per heavy atom. The molecule has 1 aliphatic heterocycles. The average molecular weight is 266 g/mol. The van der Waals surface area contributed by atoms with Crippen molar-refractivity contribution < 1.29 is 23.7 Å². The minimum atomic E-state index is -0.148. The fourth-order valence-corrected chi connectivity index (χ4v) is 1.76. The van der Waals surface area contributed by atoms with Gasteiger partial charge in [-0.2, -0.15) is 0 Å². The van der Waals surface area contributed by atoms with Gasteiger partial charge in [0.25, 0.3) is 0 Å². The summed E-state index contributed by atoms with van der Waals surface area (Å²) in [5.74, 6) is 2.06. The number of benzene rings is 1. The summed E-state index contributed by atoms with van der Waals surface area (Å²) in [6.45, 7) is 3.07. The van der Waals surface area contributed by atoms with Gasteiger partial charge >= 0.3 is 5.97 Å². The van der Waals surface area contributed by atoms with E-state index in [1.165, 1.54) is 0 Å². The highest BCUT2D eigenvalue weighted by Crippen LogP contribution is 2.35. The van der Waals surface area contributed by atoms with Crippen molar-refractivity contribution in [1.82, 2.24) is 0 Å². The van der Waals surface area contributed by atoms with Gasteiger partial charge in [-0.3, -0.25) is 4.79 Å². The monoisotopic (exact) mass is 266 g/mol. The van der Waals surface area contributed by atoms with Crippen LogP contribution >= 0.6 is 0 Å². The van der Waals surface area contributed by atoms with E-state index < -0.39 is 0 Å². The lowest BCUT2D eigenvalue weighted by molar-refractivity contribution is -0.143. The smallest absolute Gasteiger partial charge is 0.305 e. The number of carbonyl (C=O) groups is 1. The summed E-state index contributed by atoms with van der Waals surface area (Å²) in [5.41, 5.74) is 0. The molecule has 5 heteroatoms. The van der Waals surface area contributed by atoms with E-state index in [4.69, 9.17) is 18.9 Å². The van der Waals surface area contributed by atoms with Crippen molar-refractivity contribution in [2.45, 2.75) is 26.2 Å². The third kappa shape index (κ3) is 4.05. The molecule has 0 unspecified atom stereocenters. The van der Waals surface area contributed by atoms with Crippen LogP contribution in [0.1, 0.15) is 26.2 Å². The van der Waals surface area contributed by atoms with Crippen molar-refractivity contribution in [2.75, 3.05) is 20.0 Å². The van der Waals surface area contributed by atoms with Crippen LogP contribution in [0.25, 0.3) is 0 Å². The molecule has 0 aromatic heterocycles. The van der Waals surface area contributed by atoms with E-state index in [0.717, 1.165) is 24.3 Å². The molecule has 19 heavy (non-hydrogen) atoms. The van der Waals surface area contributed by atoms with Gasteiger partial charge in [0.15, 0.2) is 11.5 Å². The molecule has 1 aliphatic rings. The fourth-order valence-electron chi connectivity index (χ4n) is 1.76. The number of rotatable bonds is 7. The Kier molecular flexibility index (Phi) is 4.89. The van der Waals surface area contributed by atoms with E-state index in [-0.39, 0.29) is 12.8 Å². The van der Waals surface area contributed by atoms with E-state index in [0.29, 0.717) is 25.4 Å². The number of ether oxygens (including phenoxy) is 4. The second-order valence-corrected chi connectivity index (χ2v) is 4.13. The van der Waals surface area contributed by atoms with E-state index in [1.54, 1.807) is 6.92 Å². The molecule has 0 aliphatic carbocycles. The molecule has 5 nitrogen and oxygen atoms in total. The summed E-state index contributed by atoms with van der Waals surface area (Å²) < 4.78 is 20.9. The second-order valence-electron chi connectivity index (χ2n) is 4.13. The normalized spacial score (nSPS) is 12.3. The molecule has 104 valence electrons. The first-order valence-corrected chi connectivity index (χ1v) is 6.47. The maximum Gasteiger partial charge on any atom is 0.305 e. The Morgan fingerprint density at radius 2 is 2.11 bits per heavy atom. The molecule has 0 radical (unpaired) electrons. The van der Waals surface area contributed by atoms with E-state index in [2.05, 4.69) is 0 Å². The summed E-state index contributed by atoms with van der Waals surface area (Å²) in [6, 6.07) is 5.49. The van der Waals surface area contributed by atoms with Crippen LogP contribution in [0.2, 0.25) is 0 Å². The first-order chi connectivity index (χ1) is 9.29. The van der Waals surface area contributed by atoms with Crippen molar-refractivity contribution in [2.24, 2.45) is 0 Å². The van der Waals surface area contributed by atoms with Gasteiger partial charge in [-0.05, 0) is 31.9 Å². The molecule has 0 amide bonds. The van der Waals surface area contributed by atoms with Crippen LogP contribution in [0, 0.1) is 0 Å². The highest BCUT2D eigenvalue weighted by molar-refractivity contribution is 5.69. The first-order valence-electron chi connectivity index (χ1n) is 6.47. The van der Waals surface area contributed by atoms with E-state index in [9.17, 15) is 4.79 Å². The Bertz CT molecular complexity index is 430. The standard InChI is InChI=1S/C14H18O5/c1-2-16-14(15)5-3-4-8-17-11-6-7-12-13(9-11)19-10-18-12/h6-7,9H,2-5,8,10H2,1H3. The maximum absolute atomic E-state index is 11.1. The van der Waals surface area contributed by atoms with Gasteiger partial charge in [0, 0.05) is 12.5 Å². The molecule has 0 spiro atoms. The molecule has 1 heterocycles. The predicted octanol–water partition coefficient (Wildman–Crippen LogP) is 2.53. The topological polar surface area (TPSA) is 54.0 Å². The lowest BCUT2D eigenvalue weighted by Crippen LogP contribution is -2.05. The van der Waals surface area contributed by atoms with Crippen LogP contribution in [-0.2, 0) is 9.53 Å². The summed E-state index contributed by atoms with van der Waals surface area (Å²) in [6.07, 6.45) is 2.02. The van der Waals surface area contributed by atoms with Crippen molar-refractivity contribution >= 4 is 5.97 Å². The Balaban J connectivity index is 1.65. The van der Waals surface area contributed by atoms with E-state index >= 15 is 0 Å². The lowest BCUT2D eigenvalue weighted by atomic mass is 10.2. The summed E-state index contributed by atoms with van der Waals surface area (Å²) in [5, 5.41) is 0. The first kappa shape index (κ1) is 13.5. The Labute approximate surface area is 112 Å². The number of esters is 1. The third-order valence-corrected chi connectivity index (χ3v) is 2.69. The molecular weight excluding hydrogens is 248 g/mol. The van der Waals surface area contributed by atoms with E-state index in [1.807, 2.05) is 18.2 Å². The highest BCUT2D eigenvalue weighted by Gasteiger charge is 2.13. The minimum Gasteiger partial charge on any atom is -0.493 e. The van der Waals surface area contributed by atoms with Gasteiger partial charge in [-0.1, -0.05) is 0 Å². The molecule has 0 saturated carbocycles. The molecule has 1 aromatic rings. The third-order valence-electron chi connectivity index (χ3n) is 2.69. The number of unbranched alkanes of at least 4 members (excludes halogenated alkanes) is 1. The molecule has 0 saturated heterocycles. The number of fused-ring (bicyclic) bond motifs is 1. The van der Waals surface area contributed by atoms with Crippen molar-refractivity contribution in [3.8, 4) is 17.2 Å². The molecule has 0 bridgehead atoms. The zero-order valence-corrected chi connectivity index (χ0v) is 11.0. The van der Waals surface area contributed by atoms with Crippen molar-refractivity contribution in [1.29, 1.82) is 0 Å². The van der Waals surface area contributed by atoms with Gasteiger partial charge < -0.3 is 18.9 Å². The van der Waals surface area contributed by atoms with Crippen LogP contribution in [0.3, 0.4) is 0 Å². The molecule has 0 fully saturated rings. The fraction of sp³-hybridized carbons (Fsp3) is 0.500. The molecule has 0 atom stereocenters. The highest BCUT2D eigenvalue weighted by atomic mass is 16.7. The van der Waals surface area contributed by atoms with Crippen LogP contribution in [0.5, 0.6) is 17.2 Å². The van der Waals surface area contributed by atoms with Gasteiger partial charge in [0.2, 0.25) is 6.79 Å². The van der Waals surface area contributed by atoms with Crippen LogP contribution < -0.4 is 14.2 Å². The van der Waals surface area contributed by atoms with Crippen LogP contribution in [0.15, 0.2) is 18.2 Å². The Hall–Kier alpha value is -1.91. The van der Waals surface area contributed by atoms with Gasteiger partial charge in [-0.15, -0.1) is 0 Å². The summed E-state index contributed by atoms with van der Waals surface area (Å²) in [7, 11) is 0. The minimum absolute atomic E-state index is 0.148. The summed E-state index contributed by atoms with van der Waals surface area (Å²) >= 11 is 0. The van der Waals surface area contributed by atoms with Crippen LogP contribution in [0.4, 0.5) is 0 Å². The van der Waals surface area contributed by atoms with Gasteiger partial charge in [0.05, 0.1) is 13.2 Å². The van der Waals surface area contributed by atoms with Crippen molar-refractivity contribution in [3.05, 3.63) is 18.2 Å². The zero-order valence-electron chi connectivity index (χ0n) is 11.0. The predicted molar refractivity (Wildman–Crippen MR) is 68.5 cm³/mol. The molecule has 0 N–H and O–H groups in total. The molecular formula is C14H18O5. The SMILES string of the molecule is CCOC(=O)CCCCOc1ccc2c(c1)OCO2. The van der Waals surface area contributed by atoms with Crippen LogP contribution in [-0.4, -0.2) is 26.0 Å². The lowest BCUT2D eigenvalue weighted by Gasteiger charge is -2.06. The number of carbonyl (C=O) groups excluding carboxylic acids is 1. The maximum atomic E-state index is 11.1. The zero-order chi connectivity index (χ0) is 13.5. The quantitative estimate of drug-likeness (QED) is 0.560. The molecule has 2 rings (SSSR count). The Morgan fingerprint density at radius 1 is 1.26 bits per heavy atom.